The van der Waals surface area contributed by atoms with Gasteiger partial charge in [-0.15, -0.1) is 6.58 Å². The summed E-state index contributed by atoms with van der Waals surface area (Å²) in [6, 6.07) is 7.91. The third kappa shape index (κ3) is 5.07. The fourth-order valence-electron chi connectivity index (χ4n) is 1.62. The topological polar surface area (TPSA) is 18.5 Å². The molecule has 0 aromatic heterocycles. The minimum Gasteiger partial charge on any atom is -0.497 e. The van der Waals surface area contributed by atoms with Gasteiger partial charge in [-0.1, -0.05) is 40.2 Å². The molecule has 0 aliphatic carbocycles. The van der Waals surface area contributed by atoms with Gasteiger partial charge in [-0.25, -0.2) is 0 Å². The fourth-order valence-corrected chi connectivity index (χ4v) is 1.75. The summed E-state index contributed by atoms with van der Waals surface area (Å²) in [7, 11) is 1.66. The van der Waals surface area contributed by atoms with Gasteiger partial charge in [0.1, 0.15) is 5.75 Å². The summed E-state index contributed by atoms with van der Waals surface area (Å²) in [5.41, 5.74) is 2.18. The normalized spacial score (nSPS) is 11.9. The first-order valence-corrected chi connectivity index (χ1v) is 6.55. The molecule has 0 heterocycles. The molecule has 0 N–H and O–H groups in total. The first kappa shape index (κ1) is 15.0. The minimum atomic E-state index is -0.0214. The average molecular weight is 311 g/mol. The van der Waals surface area contributed by atoms with Crippen molar-refractivity contribution in [3.63, 3.8) is 0 Å². The molecule has 1 aromatic rings. The van der Waals surface area contributed by atoms with Gasteiger partial charge in [0.15, 0.2) is 0 Å². The molecule has 0 spiro atoms. The van der Waals surface area contributed by atoms with E-state index in [1.807, 2.05) is 31.2 Å². The second-order valence-electron chi connectivity index (χ2n) is 4.25. The van der Waals surface area contributed by atoms with Crippen LogP contribution in [0.4, 0.5) is 0 Å². The minimum absolute atomic E-state index is 0.0214. The van der Waals surface area contributed by atoms with Crippen molar-refractivity contribution < 1.29 is 9.47 Å². The van der Waals surface area contributed by atoms with E-state index in [0.29, 0.717) is 6.61 Å². The van der Waals surface area contributed by atoms with Gasteiger partial charge in [-0.05, 0) is 31.0 Å². The van der Waals surface area contributed by atoms with E-state index < -0.39 is 0 Å². The van der Waals surface area contributed by atoms with Crippen LogP contribution in [0.2, 0.25) is 0 Å². The number of halogens is 1. The molecule has 18 heavy (non-hydrogen) atoms. The molecule has 0 bridgehead atoms. The zero-order valence-electron chi connectivity index (χ0n) is 10.9. The number of methoxy groups -OCH3 is 1. The second-order valence-corrected chi connectivity index (χ2v) is 5.38. The highest BCUT2D eigenvalue weighted by molar-refractivity contribution is 9.11. The predicted octanol–water partition coefficient (Wildman–Crippen LogP) is 4.63. The molecule has 3 heteroatoms. The number of benzene rings is 1. The Morgan fingerprint density at radius 3 is 2.67 bits per heavy atom. The summed E-state index contributed by atoms with van der Waals surface area (Å²) in [5, 5.41) is 0. The van der Waals surface area contributed by atoms with Crippen molar-refractivity contribution in [3.8, 4) is 5.75 Å². The summed E-state index contributed by atoms with van der Waals surface area (Å²) < 4.78 is 11.9. The molecule has 0 aliphatic rings. The molecular formula is C15H19BrO2. The Morgan fingerprint density at radius 1 is 1.39 bits per heavy atom. The van der Waals surface area contributed by atoms with Crippen molar-refractivity contribution in [1.29, 1.82) is 0 Å². The highest BCUT2D eigenvalue weighted by Gasteiger charge is 2.13. The van der Waals surface area contributed by atoms with E-state index in [-0.39, 0.29) is 6.10 Å². The third-order valence-electron chi connectivity index (χ3n) is 2.44. The van der Waals surface area contributed by atoms with Crippen LogP contribution < -0.4 is 4.74 Å². The molecule has 1 rings (SSSR count). The van der Waals surface area contributed by atoms with E-state index in [2.05, 4.69) is 29.1 Å². The van der Waals surface area contributed by atoms with E-state index in [9.17, 15) is 0 Å². The van der Waals surface area contributed by atoms with Gasteiger partial charge in [-0.3, -0.25) is 0 Å². The highest BCUT2D eigenvalue weighted by Crippen LogP contribution is 2.28. The number of hydrogen-bond donors (Lipinski definition) is 0. The lowest BCUT2D eigenvalue weighted by Crippen LogP contribution is -2.06. The molecule has 0 radical (unpaired) electrons. The number of ether oxygens (including phenoxy) is 2. The highest BCUT2D eigenvalue weighted by atomic mass is 79.9. The predicted molar refractivity (Wildman–Crippen MR) is 79.2 cm³/mol. The van der Waals surface area contributed by atoms with E-state index >= 15 is 0 Å². The Balaban J connectivity index is 2.85. The van der Waals surface area contributed by atoms with E-state index in [1.54, 1.807) is 7.11 Å². The van der Waals surface area contributed by atoms with Crippen molar-refractivity contribution in [3.05, 3.63) is 53.0 Å². The van der Waals surface area contributed by atoms with Crippen molar-refractivity contribution >= 4 is 15.9 Å². The van der Waals surface area contributed by atoms with Gasteiger partial charge in [0.25, 0.3) is 0 Å². The first-order chi connectivity index (χ1) is 8.52. The molecular weight excluding hydrogens is 292 g/mol. The van der Waals surface area contributed by atoms with Crippen LogP contribution in [0.25, 0.3) is 0 Å². The van der Waals surface area contributed by atoms with Crippen LogP contribution in [0, 0.1) is 0 Å². The smallest absolute Gasteiger partial charge is 0.119 e. The number of rotatable bonds is 7. The van der Waals surface area contributed by atoms with Crippen LogP contribution in [0.3, 0.4) is 0 Å². The Kier molecular flexibility index (Phi) is 6.16. The summed E-state index contributed by atoms with van der Waals surface area (Å²) in [6.45, 7) is 10.2. The van der Waals surface area contributed by atoms with E-state index in [1.165, 1.54) is 0 Å². The van der Waals surface area contributed by atoms with Gasteiger partial charge in [0.05, 0.1) is 19.8 Å². The van der Waals surface area contributed by atoms with Crippen LogP contribution in [-0.4, -0.2) is 13.7 Å². The average Bonchev–Trinajstić information content (AvgIpc) is 2.34. The van der Waals surface area contributed by atoms with Crippen molar-refractivity contribution in [2.75, 3.05) is 13.7 Å². The lowest BCUT2D eigenvalue weighted by molar-refractivity contribution is 0.0733. The van der Waals surface area contributed by atoms with E-state index in [4.69, 9.17) is 9.47 Å². The lowest BCUT2D eigenvalue weighted by atomic mass is 10.0. The Morgan fingerprint density at radius 2 is 2.11 bits per heavy atom. The zero-order valence-corrected chi connectivity index (χ0v) is 12.5. The molecule has 0 fully saturated rings. The van der Waals surface area contributed by atoms with Gasteiger partial charge < -0.3 is 9.47 Å². The van der Waals surface area contributed by atoms with Crippen LogP contribution in [-0.2, 0) is 4.74 Å². The van der Waals surface area contributed by atoms with Gasteiger partial charge in [-0.2, -0.15) is 0 Å². The Labute approximate surface area is 117 Å². The molecule has 1 unspecified atom stereocenters. The lowest BCUT2D eigenvalue weighted by Gasteiger charge is -2.19. The Bertz CT molecular complexity index is 426. The summed E-state index contributed by atoms with van der Waals surface area (Å²) in [4.78, 5) is 0. The van der Waals surface area contributed by atoms with E-state index in [0.717, 1.165) is 27.8 Å². The fraction of sp³-hybridized carbons (Fsp3) is 0.333. The number of hydrogen-bond acceptors (Lipinski definition) is 2. The Hall–Kier alpha value is -1.06. The maximum absolute atomic E-state index is 5.84. The van der Waals surface area contributed by atoms with Gasteiger partial charge >= 0.3 is 0 Å². The summed E-state index contributed by atoms with van der Waals surface area (Å²) >= 11 is 3.30. The molecule has 0 saturated heterocycles. The van der Waals surface area contributed by atoms with Crippen LogP contribution >= 0.6 is 15.9 Å². The first-order valence-electron chi connectivity index (χ1n) is 5.76. The van der Waals surface area contributed by atoms with Crippen molar-refractivity contribution in [2.24, 2.45) is 0 Å². The SMILES string of the molecule is C=C(C)CC(OCC(=C)Br)c1cccc(OC)c1. The van der Waals surface area contributed by atoms with Crippen LogP contribution in [0.15, 0.2) is 47.5 Å². The molecule has 0 aliphatic heterocycles. The summed E-state index contributed by atoms with van der Waals surface area (Å²) in [5.74, 6) is 0.834. The van der Waals surface area contributed by atoms with Crippen molar-refractivity contribution in [2.45, 2.75) is 19.4 Å². The third-order valence-corrected chi connectivity index (χ3v) is 2.67. The van der Waals surface area contributed by atoms with Gasteiger partial charge in [0, 0.05) is 4.48 Å². The second kappa shape index (κ2) is 7.39. The monoisotopic (exact) mass is 310 g/mol. The summed E-state index contributed by atoms with van der Waals surface area (Å²) in [6.07, 6.45) is 0.764. The molecule has 2 nitrogen and oxygen atoms in total. The largest absolute Gasteiger partial charge is 0.497 e. The quantitative estimate of drug-likeness (QED) is 0.684. The molecule has 1 aromatic carbocycles. The van der Waals surface area contributed by atoms with Crippen molar-refractivity contribution in [1.82, 2.24) is 0 Å². The molecule has 0 saturated carbocycles. The standard InChI is InChI=1S/C15H19BrO2/c1-11(2)8-15(18-10-12(3)16)13-6-5-7-14(9-13)17-4/h5-7,9,15H,1,3,8,10H2,2,4H3. The van der Waals surface area contributed by atoms with Crippen LogP contribution in [0.1, 0.15) is 25.0 Å². The molecule has 98 valence electrons. The maximum Gasteiger partial charge on any atom is 0.119 e. The van der Waals surface area contributed by atoms with Crippen LogP contribution in [0.5, 0.6) is 5.75 Å². The zero-order chi connectivity index (χ0) is 13.5. The maximum atomic E-state index is 5.84. The molecule has 0 amide bonds. The van der Waals surface area contributed by atoms with Gasteiger partial charge in [0.2, 0.25) is 0 Å². The molecule has 1 atom stereocenters.